The third-order valence-corrected chi connectivity index (χ3v) is 4.94. The summed E-state index contributed by atoms with van der Waals surface area (Å²) in [6, 6.07) is 9.61. The van der Waals surface area contributed by atoms with Crippen molar-refractivity contribution in [2.24, 2.45) is 11.3 Å². The van der Waals surface area contributed by atoms with Crippen LogP contribution in [-0.2, 0) is 20.8 Å². The standard InChI is InChI=1S/C25H40N2O3/c1-18(28)26-15-11-14-20(23(30)24(2,3)4)17-22(29)21(27-25(5,6)7)16-19-12-9-8-10-13-19/h8-10,12-13,20-21,27H,11,14-17H2,1-7H3,(H,26,28)/t20-,21+/m1/s1. The highest BCUT2D eigenvalue weighted by molar-refractivity contribution is 5.92. The zero-order chi connectivity index (χ0) is 22.9. The highest BCUT2D eigenvalue weighted by atomic mass is 16.1. The zero-order valence-corrected chi connectivity index (χ0v) is 19.8. The lowest BCUT2D eigenvalue weighted by Gasteiger charge is -2.30. The predicted molar refractivity (Wildman–Crippen MR) is 122 cm³/mol. The molecule has 0 heterocycles. The molecule has 1 aromatic carbocycles. The van der Waals surface area contributed by atoms with Gasteiger partial charge in [-0.15, -0.1) is 0 Å². The van der Waals surface area contributed by atoms with Gasteiger partial charge in [0.1, 0.15) is 5.78 Å². The maximum Gasteiger partial charge on any atom is 0.216 e. The molecule has 0 radical (unpaired) electrons. The molecule has 2 N–H and O–H groups in total. The number of nitrogens with one attached hydrogen (secondary N) is 2. The summed E-state index contributed by atoms with van der Waals surface area (Å²) in [5.74, 6) is -0.253. The van der Waals surface area contributed by atoms with E-state index in [9.17, 15) is 14.4 Å². The van der Waals surface area contributed by atoms with Crippen LogP contribution in [0.4, 0.5) is 0 Å². The summed E-state index contributed by atoms with van der Waals surface area (Å²) in [7, 11) is 0. The van der Waals surface area contributed by atoms with Crippen LogP contribution < -0.4 is 10.6 Å². The molecule has 5 nitrogen and oxygen atoms in total. The Labute approximate surface area is 182 Å². The lowest BCUT2D eigenvalue weighted by molar-refractivity contribution is -0.134. The first-order chi connectivity index (χ1) is 13.8. The van der Waals surface area contributed by atoms with Crippen LogP contribution in [-0.4, -0.2) is 35.6 Å². The van der Waals surface area contributed by atoms with Gasteiger partial charge in [0, 0.05) is 36.8 Å². The fourth-order valence-electron chi connectivity index (χ4n) is 3.55. The number of hydrogen-bond acceptors (Lipinski definition) is 4. The van der Waals surface area contributed by atoms with Gasteiger partial charge in [-0.05, 0) is 45.6 Å². The smallest absolute Gasteiger partial charge is 0.216 e. The quantitative estimate of drug-likeness (QED) is 0.533. The molecule has 1 amide bonds. The summed E-state index contributed by atoms with van der Waals surface area (Å²) in [6.45, 7) is 13.8. The van der Waals surface area contributed by atoms with Crippen molar-refractivity contribution < 1.29 is 14.4 Å². The second-order valence-electron chi connectivity index (χ2n) is 10.2. The van der Waals surface area contributed by atoms with Crippen molar-refractivity contribution >= 4 is 17.5 Å². The summed E-state index contributed by atoms with van der Waals surface area (Å²) in [5, 5.41) is 6.22. The lowest BCUT2D eigenvalue weighted by atomic mass is 9.78. The van der Waals surface area contributed by atoms with Gasteiger partial charge in [-0.3, -0.25) is 14.4 Å². The number of ketones is 2. The number of amides is 1. The molecule has 30 heavy (non-hydrogen) atoms. The lowest BCUT2D eigenvalue weighted by Crippen LogP contribution is -2.49. The largest absolute Gasteiger partial charge is 0.356 e. The Morgan fingerprint density at radius 1 is 0.967 bits per heavy atom. The van der Waals surface area contributed by atoms with Crippen molar-refractivity contribution in [1.82, 2.24) is 10.6 Å². The number of carbonyl (C=O) groups is 3. The van der Waals surface area contributed by atoms with E-state index < -0.39 is 5.41 Å². The first-order valence-corrected chi connectivity index (χ1v) is 10.9. The van der Waals surface area contributed by atoms with E-state index in [0.717, 1.165) is 5.56 Å². The summed E-state index contributed by atoms with van der Waals surface area (Å²) in [6.07, 6.45) is 2.08. The van der Waals surface area contributed by atoms with Crippen LogP contribution in [0.15, 0.2) is 30.3 Å². The molecule has 0 unspecified atom stereocenters. The van der Waals surface area contributed by atoms with E-state index >= 15 is 0 Å². The van der Waals surface area contributed by atoms with Crippen molar-refractivity contribution in [3.05, 3.63) is 35.9 Å². The van der Waals surface area contributed by atoms with Crippen molar-refractivity contribution in [2.45, 2.75) is 85.7 Å². The van der Waals surface area contributed by atoms with Crippen LogP contribution >= 0.6 is 0 Å². The van der Waals surface area contributed by atoms with Crippen LogP contribution in [0.3, 0.4) is 0 Å². The van der Waals surface area contributed by atoms with E-state index in [1.54, 1.807) is 0 Å². The zero-order valence-electron chi connectivity index (χ0n) is 19.8. The van der Waals surface area contributed by atoms with E-state index in [1.807, 2.05) is 71.9 Å². The molecule has 5 heteroatoms. The molecule has 0 aliphatic carbocycles. The fraction of sp³-hybridized carbons (Fsp3) is 0.640. The van der Waals surface area contributed by atoms with Crippen molar-refractivity contribution in [1.29, 1.82) is 0 Å². The van der Waals surface area contributed by atoms with Gasteiger partial charge in [-0.1, -0.05) is 51.1 Å². The van der Waals surface area contributed by atoms with Gasteiger partial charge in [0.25, 0.3) is 0 Å². The monoisotopic (exact) mass is 416 g/mol. The van der Waals surface area contributed by atoms with Gasteiger partial charge < -0.3 is 10.6 Å². The second kappa shape index (κ2) is 11.4. The highest BCUT2D eigenvalue weighted by Crippen LogP contribution is 2.26. The molecule has 0 aliphatic heterocycles. The molecule has 168 valence electrons. The minimum Gasteiger partial charge on any atom is -0.356 e. The van der Waals surface area contributed by atoms with Crippen molar-refractivity contribution in [2.75, 3.05) is 6.54 Å². The van der Waals surface area contributed by atoms with Crippen LogP contribution in [0.25, 0.3) is 0 Å². The van der Waals surface area contributed by atoms with Crippen LogP contribution in [0.1, 0.15) is 73.3 Å². The number of benzene rings is 1. The van der Waals surface area contributed by atoms with Crippen molar-refractivity contribution in [3.8, 4) is 0 Å². The van der Waals surface area contributed by atoms with E-state index in [4.69, 9.17) is 0 Å². The third-order valence-electron chi connectivity index (χ3n) is 4.94. The Morgan fingerprint density at radius 3 is 2.07 bits per heavy atom. The Bertz CT molecular complexity index is 699. The molecular formula is C25H40N2O3. The van der Waals surface area contributed by atoms with Gasteiger partial charge in [-0.2, -0.15) is 0 Å². The summed E-state index contributed by atoms with van der Waals surface area (Å²) in [5.41, 5.74) is 0.368. The molecular weight excluding hydrogens is 376 g/mol. The molecule has 1 rings (SSSR count). The van der Waals surface area contributed by atoms with Crippen LogP contribution in [0.2, 0.25) is 0 Å². The van der Waals surface area contributed by atoms with Gasteiger partial charge in [-0.25, -0.2) is 0 Å². The summed E-state index contributed by atoms with van der Waals surface area (Å²) < 4.78 is 0. The molecule has 0 saturated carbocycles. The Balaban J connectivity index is 2.95. The third kappa shape index (κ3) is 10.1. The molecule has 2 atom stereocenters. The minimum atomic E-state index is -0.509. The Morgan fingerprint density at radius 2 is 1.57 bits per heavy atom. The van der Waals surface area contributed by atoms with Crippen LogP contribution in [0.5, 0.6) is 0 Å². The maximum atomic E-state index is 13.3. The molecule has 0 aliphatic rings. The number of hydrogen-bond donors (Lipinski definition) is 2. The van der Waals surface area contributed by atoms with E-state index in [2.05, 4.69) is 10.6 Å². The number of rotatable bonds is 11. The van der Waals surface area contributed by atoms with E-state index in [0.29, 0.717) is 25.8 Å². The predicted octanol–water partition coefficient (Wildman–Crippen LogP) is 4.09. The fourth-order valence-corrected chi connectivity index (χ4v) is 3.55. The molecule has 1 aromatic rings. The molecule has 0 fully saturated rings. The second-order valence-corrected chi connectivity index (χ2v) is 10.2. The first-order valence-electron chi connectivity index (χ1n) is 10.9. The first kappa shape index (κ1) is 26.0. The normalized spacial score (nSPS) is 14.1. The topological polar surface area (TPSA) is 75.3 Å². The SMILES string of the molecule is CC(=O)NCCC[C@H](CC(=O)[C@H](Cc1ccccc1)NC(C)(C)C)C(=O)C(C)(C)C. The number of Topliss-reactive ketones (excluding diaryl/α,β-unsaturated/α-hetero) is 2. The highest BCUT2D eigenvalue weighted by Gasteiger charge is 2.33. The van der Waals surface area contributed by atoms with E-state index in [-0.39, 0.29) is 41.4 Å². The molecule has 0 bridgehead atoms. The minimum absolute atomic E-state index is 0.0657. The summed E-state index contributed by atoms with van der Waals surface area (Å²) in [4.78, 5) is 37.5. The van der Waals surface area contributed by atoms with Gasteiger partial charge >= 0.3 is 0 Å². The van der Waals surface area contributed by atoms with Gasteiger partial charge in [0.15, 0.2) is 5.78 Å². The Hall–Kier alpha value is -2.01. The summed E-state index contributed by atoms with van der Waals surface area (Å²) >= 11 is 0. The average molecular weight is 417 g/mol. The Kier molecular flexibility index (Phi) is 9.89. The van der Waals surface area contributed by atoms with Crippen LogP contribution in [0, 0.1) is 11.3 Å². The van der Waals surface area contributed by atoms with Gasteiger partial charge in [0.05, 0.1) is 6.04 Å². The van der Waals surface area contributed by atoms with E-state index in [1.165, 1.54) is 6.92 Å². The van der Waals surface area contributed by atoms with Crippen molar-refractivity contribution in [3.63, 3.8) is 0 Å². The molecule has 0 saturated heterocycles. The maximum absolute atomic E-state index is 13.3. The molecule has 0 spiro atoms. The van der Waals surface area contributed by atoms with Gasteiger partial charge in [0.2, 0.25) is 5.91 Å². The molecule has 0 aromatic heterocycles. The average Bonchev–Trinajstić information content (AvgIpc) is 2.61. The number of carbonyl (C=O) groups excluding carboxylic acids is 3.